The summed E-state index contributed by atoms with van der Waals surface area (Å²) in [5.41, 5.74) is 0. The first-order chi connectivity index (χ1) is 5.24. The highest BCUT2D eigenvalue weighted by molar-refractivity contribution is 7.75. The maximum atomic E-state index is 2.39. The van der Waals surface area contributed by atoms with E-state index in [1.165, 1.54) is 31.3 Å². The van der Waals surface area contributed by atoms with Gasteiger partial charge < -0.3 is 0 Å². The Balaban J connectivity index is 3.84. The molecule has 0 bridgehead atoms. The van der Waals surface area contributed by atoms with Gasteiger partial charge in [0.2, 0.25) is 0 Å². The van der Waals surface area contributed by atoms with Crippen molar-refractivity contribution in [1.29, 1.82) is 0 Å². The van der Waals surface area contributed by atoms with E-state index >= 15 is 0 Å². The molecule has 0 fully saturated rings. The van der Waals surface area contributed by atoms with Crippen molar-refractivity contribution in [3.8, 4) is 0 Å². The standard InChI is InChI=1S/C10H24P/c1-5-9-10-11(6-2,7-3)8-4/h5-10H2,1-4H3/q+1. The molecule has 0 unspecified atom stereocenters. The van der Waals surface area contributed by atoms with Crippen molar-refractivity contribution in [3.05, 3.63) is 0 Å². The highest BCUT2D eigenvalue weighted by atomic mass is 31.2. The molecule has 0 rings (SSSR count). The largest absolute Gasteiger partial charge is 0.0652 e. The Morgan fingerprint density at radius 2 is 1.27 bits per heavy atom. The predicted octanol–water partition coefficient (Wildman–Crippen LogP) is 3.86. The maximum absolute atomic E-state index is 2.39. The first-order valence-corrected chi connectivity index (χ1v) is 7.62. The predicted molar refractivity (Wildman–Crippen MR) is 58.3 cm³/mol. The molecule has 0 nitrogen and oxygen atoms in total. The van der Waals surface area contributed by atoms with E-state index < -0.39 is 7.26 Å². The molecule has 0 aromatic rings. The third-order valence-electron chi connectivity index (χ3n) is 3.00. The van der Waals surface area contributed by atoms with Gasteiger partial charge in [-0.05, 0) is 27.2 Å². The first-order valence-electron chi connectivity index (χ1n) is 5.09. The van der Waals surface area contributed by atoms with E-state index in [9.17, 15) is 0 Å². The molecule has 0 aliphatic rings. The van der Waals surface area contributed by atoms with Crippen LogP contribution in [0.4, 0.5) is 0 Å². The van der Waals surface area contributed by atoms with Gasteiger partial charge in [0.05, 0.1) is 24.6 Å². The molecule has 11 heavy (non-hydrogen) atoms. The number of unbranched alkanes of at least 4 members (excludes halogenated alkanes) is 1. The van der Waals surface area contributed by atoms with Gasteiger partial charge in [0.15, 0.2) is 0 Å². The average molecular weight is 175 g/mol. The summed E-state index contributed by atoms with van der Waals surface area (Å²) in [6.45, 7) is 9.46. The molecule has 0 heterocycles. The summed E-state index contributed by atoms with van der Waals surface area (Å²) in [6.07, 6.45) is 8.80. The van der Waals surface area contributed by atoms with Gasteiger partial charge in [-0.25, -0.2) is 0 Å². The molecule has 0 saturated heterocycles. The van der Waals surface area contributed by atoms with Crippen LogP contribution in [0.5, 0.6) is 0 Å². The van der Waals surface area contributed by atoms with Crippen LogP contribution in [-0.2, 0) is 0 Å². The summed E-state index contributed by atoms with van der Waals surface area (Å²) in [6, 6.07) is 0. The van der Waals surface area contributed by atoms with Crippen molar-refractivity contribution in [1.82, 2.24) is 0 Å². The van der Waals surface area contributed by atoms with Crippen LogP contribution in [0.15, 0.2) is 0 Å². The van der Waals surface area contributed by atoms with Crippen LogP contribution in [0.3, 0.4) is 0 Å². The average Bonchev–Trinajstić information content (AvgIpc) is 2.08. The number of hydrogen-bond acceptors (Lipinski definition) is 0. The second-order valence-corrected chi connectivity index (χ2v) is 8.40. The summed E-state index contributed by atoms with van der Waals surface area (Å²) >= 11 is 0. The van der Waals surface area contributed by atoms with E-state index in [2.05, 4.69) is 27.7 Å². The molecule has 0 spiro atoms. The van der Waals surface area contributed by atoms with Crippen LogP contribution in [0.2, 0.25) is 0 Å². The molecule has 0 atom stereocenters. The van der Waals surface area contributed by atoms with Crippen LogP contribution >= 0.6 is 7.26 Å². The third kappa shape index (κ3) is 3.56. The Morgan fingerprint density at radius 1 is 0.818 bits per heavy atom. The molecule has 0 saturated carbocycles. The Labute approximate surface area is 73.1 Å². The van der Waals surface area contributed by atoms with Gasteiger partial charge in [-0.3, -0.25) is 0 Å². The van der Waals surface area contributed by atoms with Crippen molar-refractivity contribution in [2.75, 3.05) is 24.6 Å². The normalized spacial score (nSPS) is 12.0. The van der Waals surface area contributed by atoms with Gasteiger partial charge in [-0.2, -0.15) is 0 Å². The lowest BCUT2D eigenvalue weighted by Gasteiger charge is -2.23. The molecule has 0 N–H and O–H groups in total. The highest BCUT2D eigenvalue weighted by Gasteiger charge is 2.29. The topological polar surface area (TPSA) is 0 Å². The van der Waals surface area contributed by atoms with Crippen LogP contribution in [0, 0.1) is 0 Å². The van der Waals surface area contributed by atoms with Gasteiger partial charge >= 0.3 is 0 Å². The molecule has 0 aliphatic heterocycles. The van der Waals surface area contributed by atoms with Gasteiger partial charge in [-0.15, -0.1) is 0 Å². The first kappa shape index (κ1) is 11.4. The quantitative estimate of drug-likeness (QED) is 0.538. The minimum absolute atomic E-state index is 0.455. The summed E-state index contributed by atoms with van der Waals surface area (Å²) < 4.78 is 0. The Kier molecular flexibility index (Phi) is 6.24. The summed E-state index contributed by atoms with van der Waals surface area (Å²) in [4.78, 5) is 0. The summed E-state index contributed by atoms with van der Waals surface area (Å²) in [5.74, 6) is 0. The summed E-state index contributed by atoms with van der Waals surface area (Å²) in [7, 11) is -0.455. The van der Waals surface area contributed by atoms with Crippen molar-refractivity contribution in [2.45, 2.75) is 40.5 Å². The van der Waals surface area contributed by atoms with E-state index in [1.54, 1.807) is 6.16 Å². The van der Waals surface area contributed by atoms with Gasteiger partial charge in [-0.1, -0.05) is 13.3 Å². The molecule has 0 radical (unpaired) electrons. The fourth-order valence-electron chi connectivity index (χ4n) is 1.64. The van der Waals surface area contributed by atoms with Crippen molar-refractivity contribution in [2.24, 2.45) is 0 Å². The zero-order valence-electron chi connectivity index (χ0n) is 8.69. The van der Waals surface area contributed by atoms with E-state index in [1.807, 2.05) is 0 Å². The third-order valence-corrected chi connectivity index (χ3v) is 8.29. The van der Waals surface area contributed by atoms with Crippen molar-refractivity contribution >= 4 is 7.26 Å². The smallest absolute Gasteiger partial charge is 0.0593 e. The van der Waals surface area contributed by atoms with Gasteiger partial charge in [0.1, 0.15) is 0 Å². The molecule has 1 heteroatoms. The molecule has 0 aliphatic carbocycles. The molecular weight excluding hydrogens is 151 g/mol. The summed E-state index contributed by atoms with van der Waals surface area (Å²) in [5, 5.41) is 0. The number of hydrogen-bond donors (Lipinski definition) is 0. The Morgan fingerprint density at radius 3 is 1.55 bits per heavy atom. The maximum Gasteiger partial charge on any atom is 0.0593 e. The molecule has 68 valence electrons. The zero-order chi connectivity index (χ0) is 8.74. The fourth-order valence-corrected chi connectivity index (χ4v) is 4.92. The monoisotopic (exact) mass is 175 g/mol. The molecular formula is C10H24P+. The van der Waals surface area contributed by atoms with Crippen molar-refractivity contribution in [3.63, 3.8) is 0 Å². The Hall–Kier alpha value is 0.430. The molecule has 0 aromatic carbocycles. The fraction of sp³-hybridized carbons (Fsp3) is 1.00. The van der Waals surface area contributed by atoms with Crippen LogP contribution in [0.1, 0.15) is 40.5 Å². The van der Waals surface area contributed by atoms with Crippen LogP contribution in [-0.4, -0.2) is 24.6 Å². The van der Waals surface area contributed by atoms with Crippen LogP contribution < -0.4 is 0 Å². The zero-order valence-corrected chi connectivity index (χ0v) is 9.58. The molecule has 0 aromatic heterocycles. The van der Waals surface area contributed by atoms with Crippen LogP contribution in [0.25, 0.3) is 0 Å². The van der Waals surface area contributed by atoms with E-state index in [0.29, 0.717) is 0 Å². The molecule has 0 amide bonds. The minimum atomic E-state index is -0.455. The lowest BCUT2D eigenvalue weighted by Crippen LogP contribution is -2.06. The van der Waals surface area contributed by atoms with E-state index in [4.69, 9.17) is 0 Å². The SMILES string of the molecule is CCCC[P+](CC)(CC)CC. The number of rotatable bonds is 6. The minimum Gasteiger partial charge on any atom is -0.0652 e. The van der Waals surface area contributed by atoms with E-state index in [-0.39, 0.29) is 0 Å². The lowest BCUT2D eigenvalue weighted by atomic mass is 10.4. The van der Waals surface area contributed by atoms with Gasteiger partial charge in [0.25, 0.3) is 0 Å². The lowest BCUT2D eigenvalue weighted by molar-refractivity contribution is 0.882. The van der Waals surface area contributed by atoms with E-state index in [0.717, 1.165) is 0 Å². The second kappa shape index (κ2) is 6.00. The van der Waals surface area contributed by atoms with Crippen molar-refractivity contribution < 1.29 is 0 Å². The highest BCUT2D eigenvalue weighted by Crippen LogP contribution is 2.58. The van der Waals surface area contributed by atoms with Gasteiger partial charge in [0, 0.05) is 7.26 Å². The Bertz CT molecular complexity index is 76.6. The second-order valence-electron chi connectivity index (χ2n) is 3.37.